The lowest BCUT2D eigenvalue weighted by Gasteiger charge is -2.27. The lowest BCUT2D eigenvalue weighted by atomic mass is 10.1. The highest BCUT2D eigenvalue weighted by Crippen LogP contribution is 2.11. The Morgan fingerprint density at radius 1 is 1.32 bits per heavy atom. The fourth-order valence-corrected chi connectivity index (χ4v) is 2.66. The van der Waals surface area contributed by atoms with Crippen LogP contribution in [0, 0.1) is 0 Å². The summed E-state index contributed by atoms with van der Waals surface area (Å²) in [5, 5.41) is 5.97. The molecule has 1 aliphatic heterocycles. The van der Waals surface area contributed by atoms with Gasteiger partial charge in [-0.2, -0.15) is 0 Å². The van der Waals surface area contributed by atoms with Crippen LogP contribution in [0.15, 0.2) is 36.4 Å². The second kappa shape index (κ2) is 10.8. The minimum Gasteiger partial charge on any atom is -0.450 e. The quantitative estimate of drug-likeness (QED) is 0.571. The van der Waals surface area contributed by atoms with Crippen molar-refractivity contribution in [2.75, 3.05) is 46.0 Å². The van der Waals surface area contributed by atoms with Crippen molar-refractivity contribution in [2.45, 2.75) is 6.92 Å². The van der Waals surface area contributed by atoms with E-state index in [1.54, 1.807) is 13.0 Å². The Kier molecular flexibility index (Phi) is 8.38. The Balaban J connectivity index is 1.96. The van der Waals surface area contributed by atoms with Gasteiger partial charge in [0, 0.05) is 31.9 Å². The Labute approximate surface area is 154 Å². The van der Waals surface area contributed by atoms with E-state index in [0.717, 1.165) is 50.7 Å². The van der Waals surface area contributed by atoms with E-state index < -0.39 is 6.09 Å². The maximum absolute atomic E-state index is 11.5. The Hall–Kier alpha value is -1.96. The number of alkyl carbamates (subject to hydrolysis) is 1. The highest BCUT2D eigenvalue weighted by molar-refractivity contribution is 7.80. The topological polar surface area (TPSA) is 62.8 Å². The Bertz CT molecular complexity index is 586. The lowest BCUT2D eigenvalue weighted by molar-refractivity contribution is 0.0388. The fraction of sp³-hybridized carbons (Fsp3) is 0.444. The van der Waals surface area contributed by atoms with Crippen LogP contribution < -0.4 is 10.6 Å². The third kappa shape index (κ3) is 7.21. The van der Waals surface area contributed by atoms with Gasteiger partial charge < -0.3 is 14.8 Å². The molecule has 0 saturated carbocycles. The van der Waals surface area contributed by atoms with Gasteiger partial charge in [0.15, 0.2) is 0 Å². The maximum atomic E-state index is 11.5. The van der Waals surface area contributed by atoms with Crippen LogP contribution in [-0.2, 0) is 9.47 Å². The predicted octanol–water partition coefficient (Wildman–Crippen LogP) is 2.02. The first-order valence-electron chi connectivity index (χ1n) is 8.48. The normalized spacial score (nSPS) is 15.5. The zero-order chi connectivity index (χ0) is 17.9. The number of morpholine rings is 1. The predicted molar refractivity (Wildman–Crippen MR) is 102 cm³/mol. The highest BCUT2D eigenvalue weighted by atomic mass is 32.1. The van der Waals surface area contributed by atoms with Gasteiger partial charge >= 0.3 is 6.09 Å². The number of thiocarbonyl (C=S) groups is 1. The molecule has 1 aromatic rings. The largest absolute Gasteiger partial charge is 0.450 e. The number of nitrogens with one attached hydrogen (secondary N) is 2. The number of carbonyl (C=O) groups excluding carboxylic acids is 1. The van der Waals surface area contributed by atoms with Crippen LogP contribution in [-0.4, -0.2) is 62.0 Å². The third-order valence-electron chi connectivity index (χ3n) is 3.71. The van der Waals surface area contributed by atoms with E-state index in [2.05, 4.69) is 15.5 Å². The van der Waals surface area contributed by atoms with Gasteiger partial charge in [-0.3, -0.25) is 10.2 Å². The summed E-state index contributed by atoms with van der Waals surface area (Å²) in [6, 6.07) is 9.90. The molecule has 25 heavy (non-hydrogen) atoms. The average Bonchev–Trinajstić information content (AvgIpc) is 2.62. The summed E-state index contributed by atoms with van der Waals surface area (Å²) >= 11 is 5.24. The summed E-state index contributed by atoms with van der Waals surface area (Å²) in [6.45, 7) is 7.24. The van der Waals surface area contributed by atoms with Crippen molar-refractivity contribution >= 4 is 29.0 Å². The molecule has 136 valence electrons. The maximum Gasteiger partial charge on any atom is 0.412 e. The van der Waals surface area contributed by atoms with Crippen molar-refractivity contribution in [3.63, 3.8) is 0 Å². The first-order valence-corrected chi connectivity index (χ1v) is 8.88. The summed E-state index contributed by atoms with van der Waals surface area (Å²) in [7, 11) is 0. The smallest absolute Gasteiger partial charge is 0.412 e. The van der Waals surface area contributed by atoms with Crippen LogP contribution in [0.4, 0.5) is 4.79 Å². The van der Waals surface area contributed by atoms with Crippen LogP contribution >= 0.6 is 12.2 Å². The van der Waals surface area contributed by atoms with Crippen molar-refractivity contribution in [1.29, 1.82) is 0 Å². The van der Waals surface area contributed by atoms with Gasteiger partial charge in [-0.05, 0) is 18.6 Å². The molecule has 1 fully saturated rings. The summed E-state index contributed by atoms with van der Waals surface area (Å²) in [5.74, 6) is 0. The number of rotatable bonds is 7. The zero-order valence-corrected chi connectivity index (χ0v) is 15.3. The molecule has 0 spiro atoms. The molecule has 2 rings (SSSR count). The molecule has 1 heterocycles. The van der Waals surface area contributed by atoms with E-state index >= 15 is 0 Å². The minimum atomic E-state index is -0.538. The number of nitrogens with zero attached hydrogens (tertiary/aromatic N) is 1. The number of hydrogen-bond donors (Lipinski definition) is 2. The summed E-state index contributed by atoms with van der Waals surface area (Å²) in [5.41, 5.74) is 1.88. The van der Waals surface area contributed by atoms with Crippen LogP contribution in [0.1, 0.15) is 12.5 Å². The van der Waals surface area contributed by atoms with E-state index in [1.165, 1.54) is 0 Å². The van der Waals surface area contributed by atoms with Crippen molar-refractivity contribution in [3.8, 4) is 0 Å². The van der Waals surface area contributed by atoms with Gasteiger partial charge in [0.25, 0.3) is 0 Å². The molecule has 0 atom stereocenters. The number of carbonyl (C=O) groups is 1. The first kappa shape index (κ1) is 19.4. The van der Waals surface area contributed by atoms with E-state index in [0.29, 0.717) is 11.6 Å². The molecule has 7 heteroatoms. The molecular formula is C18H25N3O3S. The van der Waals surface area contributed by atoms with Crippen LogP contribution in [0.25, 0.3) is 5.70 Å². The summed E-state index contributed by atoms with van der Waals surface area (Å²) in [6.07, 6.45) is 1.21. The van der Waals surface area contributed by atoms with Gasteiger partial charge in [0.05, 0.1) is 19.8 Å². The first-order chi connectivity index (χ1) is 12.2. The molecule has 1 saturated heterocycles. The monoisotopic (exact) mass is 363 g/mol. The molecule has 0 bridgehead atoms. The molecule has 0 unspecified atom stereocenters. The molecule has 2 N–H and O–H groups in total. The van der Waals surface area contributed by atoms with Gasteiger partial charge in [0.1, 0.15) is 4.99 Å². The van der Waals surface area contributed by atoms with Gasteiger partial charge in [-0.1, -0.05) is 42.5 Å². The molecule has 1 aliphatic rings. The number of benzene rings is 1. The Morgan fingerprint density at radius 3 is 2.72 bits per heavy atom. The standard InChI is InChI=1S/C18H25N3O3S/c1-2-24-18(22)20-17(25)14-16(15-6-4-3-5-7-15)19-8-9-21-10-12-23-13-11-21/h3-7,14,19H,2,8-13H2,1H3,(H,20,22,25)/b16-14+. The molecule has 0 radical (unpaired) electrons. The molecule has 0 aliphatic carbocycles. The van der Waals surface area contributed by atoms with E-state index in [1.807, 2.05) is 30.3 Å². The van der Waals surface area contributed by atoms with Crippen LogP contribution in [0.5, 0.6) is 0 Å². The van der Waals surface area contributed by atoms with Crippen molar-refractivity contribution < 1.29 is 14.3 Å². The zero-order valence-electron chi connectivity index (χ0n) is 14.5. The molecule has 1 aromatic carbocycles. The number of ether oxygens (including phenoxy) is 2. The lowest BCUT2D eigenvalue weighted by Crippen LogP contribution is -2.40. The number of amides is 1. The van der Waals surface area contributed by atoms with E-state index in [9.17, 15) is 4.79 Å². The SMILES string of the molecule is CCOC(=O)NC(=S)/C=C(/NCCN1CCOCC1)c1ccccc1. The van der Waals surface area contributed by atoms with Gasteiger partial charge in [0.2, 0.25) is 0 Å². The molecule has 6 nitrogen and oxygen atoms in total. The second-order valence-electron chi connectivity index (χ2n) is 5.51. The van der Waals surface area contributed by atoms with Crippen molar-refractivity contribution in [2.24, 2.45) is 0 Å². The summed E-state index contributed by atoms with van der Waals surface area (Å²) < 4.78 is 10.2. The van der Waals surface area contributed by atoms with Gasteiger partial charge in [-0.25, -0.2) is 4.79 Å². The van der Waals surface area contributed by atoms with E-state index in [4.69, 9.17) is 21.7 Å². The average molecular weight is 363 g/mol. The van der Waals surface area contributed by atoms with Crippen molar-refractivity contribution in [3.05, 3.63) is 42.0 Å². The molecular weight excluding hydrogens is 338 g/mol. The minimum absolute atomic E-state index is 0.307. The number of hydrogen-bond acceptors (Lipinski definition) is 6. The third-order valence-corrected chi connectivity index (χ3v) is 3.93. The summed E-state index contributed by atoms with van der Waals surface area (Å²) in [4.78, 5) is 14.2. The van der Waals surface area contributed by atoms with E-state index in [-0.39, 0.29) is 0 Å². The van der Waals surface area contributed by atoms with Crippen LogP contribution in [0.2, 0.25) is 0 Å². The van der Waals surface area contributed by atoms with Crippen LogP contribution in [0.3, 0.4) is 0 Å². The highest BCUT2D eigenvalue weighted by Gasteiger charge is 2.10. The second-order valence-corrected chi connectivity index (χ2v) is 5.95. The molecule has 0 aromatic heterocycles. The Morgan fingerprint density at radius 2 is 2.04 bits per heavy atom. The van der Waals surface area contributed by atoms with Gasteiger partial charge in [-0.15, -0.1) is 0 Å². The fourth-order valence-electron chi connectivity index (χ4n) is 2.46. The van der Waals surface area contributed by atoms with Crippen molar-refractivity contribution in [1.82, 2.24) is 15.5 Å². The molecule has 1 amide bonds.